The fourth-order valence-corrected chi connectivity index (χ4v) is 4.27. The van der Waals surface area contributed by atoms with Gasteiger partial charge in [0.25, 0.3) is 5.91 Å². The molecular formula is C24H28N4O2. The first-order valence-corrected chi connectivity index (χ1v) is 10.3. The van der Waals surface area contributed by atoms with Crippen LogP contribution in [0, 0.1) is 13.8 Å². The second kappa shape index (κ2) is 7.69. The Morgan fingerprint density at radius 3 is 2.50 bits per heavy atom. The summed E-state index contributed by atoms with van der Waals surface area (Å²) in [6.07, 6.45) is 2.72. The van der Waals surface area contributed by atoms with Crippen molar-refractivity contribution in [2.24, 2.45) is 0 Å². The van der Waals surface area contributed by atoms with Gasteiger partial charge in [-0.15, -0.1) is 0 Å². The van der Waals surface area contributed by atoms with Crippen molar-refractivity contribution in [3.63, 3.8) is 0 Å². The zero-order valence-electron chi connectivity index (χ0n) is 18.5. The fourth-order valence-electron chi connectivity index (χ4n) is 4.27. The first-order chi connectivity index (χ1) is 14.4. The highest BCUT2D eigenvalue weighted by atomic mass is 16.5. The predicted molar refractivity (Wildman–Crippen MR) is 122 cm³/mol. The summed E-state index contributed by atoms with van der Waals surface area (Å²) >= 11 is 0. The van der Waals surface area contributed by atoms with Crippen LogP contribution >= 0.6 is 0 Å². The number of aryl methyl sites for hydroxylation is 2. The van der Waals surface area contributed by atoms with Crippen LogP contribution in [-0.4, -0.2) is 49.7 Å². The monoisotopic (exact) mass is 404 g/mol. The molecule has 6 nitrogen and oxygen atoms in total. The van der Waals surface area contributed by atoms with Crippen LogP contribution in [0.1, 0.15) is 35.0 Å². The molecule has 1 aromatic carbocycles. The van der Waals surface area contributed by atoms with E-state index in [0.717, 1.165) is 51.2 Å². The number of carbonyl (C=O) groups excluding carboxylic acids is 1. The van der Waals surface area contributed by atoms with Gasteiger partial charge in [0.2, 0.25) is 0 Å². The van der Waals surface area contributed by atoms with E-state index < -0.39 is 0 Å². The highest BCUT2D eigenvalue weighted by Crippen LogP contribution is 2.43. The van der Waals surface area contributed by atoms with Gasteiger partial charge in [0, 0.05) is 49.6 Å². The van der Waals surface area contributed by atoms with E-state index in [2.05, 4.69) is 24.9 Å². The lowest BCUT2D eigenvalue weighted by molar-refractivity contribution is 0.0957. The smallest absolute Gasteiger partial charge is 0.259 e. The number of amides is 1. The van der Waals surface area contributed by atoms with Crippen LogP contribution in [0.15, 0.2) is 30.5 Å². The minimum absolute atomic E-state index is 0.00822. The molecule has 0 saturated heterocycles. The zero-order chi connectivity index (χ0) is 21.6. The molecule has 4 rings (SSSR count). The van der Waals surface area contributed by atoms with Crippen LogP contribution in [0.4, 0.5) is 11.5 Å². The molecule has 0 aliphatic carbocycles. The standard InChI is InChI=1S/C24H28N4O2/c1-7-16(13-30-6)28-20-11-15(3)26-23-17(8-9-18(22(20)23)24(28)29)19-12-25-21(27(4)5)10-14(19)2/h8-12,16H,7,13H2,1-6H3. The summed E-state index contributed by atoms with van der Waals surface area (Å²) in [6, 6.07) is 8.02. The number of pyridine rings is 2. The number of rotatable bonds is 6. The number of benzene rings is 1. The molecule has 1 aliphatic rings. The van der Waals surface area contributed by atoms with E-state index in [9.17, 15) is 4.79 Å². The Bertz CT molecular complexity index is 1140. The second-order valence-corrected chi connectivity index (χ2v) is 8.11. The lowest BCUT2D eigenvalue weighted by Gasteiger charge is -2.27. The van der Waals surface area contributed by atoms with E-state index in [1.54, 1.807) is 7.11 Å². The molecule has 1 amide bonds. The first-order valence-electron chi connectivity index (χ1n) is 10.3. The van der Waals surface area contributed by atoms with Crippen LogP contribution in [0.3, 0.4) is 0 Å². The maximum atomic E-state index is 13.3. The van der Waals surface area contributed by atoms with Crippen molar-refractivity contribution in [1.29, 1.82) is 0 Å². The summed E-state index contributed by atoms with van der Waals surface area (Å²) in [5, 5.41) is 0.925. The van der Waals surface area contributed by atoms with Gasteiger partial charge < -0.3 is 14.5 Å². The molecule has 1 aliphatic heterocycles. The maximum absolute atomic E-state index is 13.3. The van der Waals surface area contributed by atoms with Crippen molar-refractivity contribution >= 4 is 28.3 Å². The Morgan fingerprint density at radius 2 is 1.87 bits per heavy atom. The van der Waals surface area contributed by atoms with E-state index >= 15 is 0 Å². The summed E-state index contributed by atoms with van der Waals surface area (Å²) < 4.78 is 5.40. The highest BCUT2D eigenvalue weighted by molar-refractivity contribution is 6.26. The van der Waals surface area contributed by atoms with Gasteiger partial charge >= 0.3 is 0 Å². The lowest BCUT2D eigenvalue weighted by atomic mass is 9.97. The number of hydrogen-bond acceptors (Lipinski definition) is 5. The largest absolute Gasteiger partial charge is 0.383 e. The minimum Gasteiger partial charge on any atom is -0.383 e. The van der Waals surface area contributed by atoms with Crippen LogP contribution in [-0.2, 0) is 4.74 Å². The van der Waals surface area contributed by atoms with Crippen molar-refractivity contribution < 1.29 is 9.53 Å². The van der Waals surface area contributed by atoms with Gasteiger partial charge in [0.15, 0.2) is 0 Å². The Kier molecular flexibility index (Phi) is 5.20. The predicted octanol–water partition coefficient (Wildman–Crippen LogP) is 4.36. The molecule has 0 N–H and O–H groups in total. The lowest BCUT2D eigenvalue weighted by Crippen LogP contribution is -2.40. The Morgan fingerprint density at radius 1 is 1.13 bits per heavy atom. The van der Waals surface area contributed by atoms with Crippen molar-refractivity contribution in [2.45, 2.75) is 33.2 Å². The van der Waals surface area contributed by atoms with Crippen molar-refractivity contribution in [1.82, 2.24) is 9.97 Å². The van der Waals surface area contributed by atoms with E-state index in [-0.39, 0.29) is 11.9 Å². The van der Waals surface area contributed by atoms with Crippen LogP contribution in [0.5, 0.6) is 0 Å². The van der Waals surface area contributed by atoms with Crippen molar-refractivity contribution in [3.8, 4) is 11.1 Å². The van der Waals surface area contributed by atoms with Crippen LogP contribution in [0.25, 0.3) is 22.0 Å². The van der Waals surface area contributed by atoms with Gasteiger partial charge in [0.1, 0.15) is 5.82 Å². The van der Waals surface area contributed by atoms with Crippen LogP contribution < -0.4 is 9.80 Å². The summed E-state index contributed by atoms with van der Waals surface area (Å²) in [4.78, 5) is 26.7. The van der Waals surface area contributed by atoms with Gasteiger partial charge in [0.05, 0.1) is 29.4 Å². The van der Waals surface area contributed by atoms with E-state index in [1.165, 1.54) is 0 Å². The molecule has 1 unspecified atom stereocenters. The van der Waals surface area contributed by atoms with Gasteiger partial charge in [-0.2, -0.15) is 0 Å². The third-order valence-electron chi connectivity index (χ3n) is 5.82. The molecule has 30 heavy (non-hydrogen) atoms. The number of hydrogen-bond donors (Lipinski definition) is 0. The zero-order valence-corrected chi connectivity index (χ0v) is 18.5. The molecule has 0 fully saturated rings. The van der Waals surface area contributed by atoms with Crippen molar-refractivity contribution in [3.05, 3.63) is 47.3 Å². The van der Waals surface area contributed by atoms with E-state index in [0.29, 0.717) is 12.2 Å². The molecule has 0 radical (unpaired) electrons. The van der Waals surface area contributed by atoms with Gasteiger partial charge in [-0.25, -0.2) is 4.98 Å². The number of anilines is 2. The fraction of sp³-hybridized carbons (Fsp3) is 0.375. The second-order valence-electron chi connectivity index (χ2n) is 8.11. The number of aromatic nitrogens is 2. The number of carbonyl (C=O) groups is 1. The van der Waals surface area contributed by atoms with Crippen molar-refractivity contribution in [2.75, 3.05) is 37.6 Å². The van der Waals surface area contributed by atoms with Crippen LogP contribution in [0.2, 0.25) is 0 Å². The molecule has 3 heterocycles. The first kappa shape index (κ1) is 20.3. The molecular weight excluding hydrogens is 376 g/mol. The minimum atomic E-state index is -0.00822. The number of nitrogens with zero attached hydrogens (tertiary/aromatic N) is 4. The molecule has 0 bridgehead atoms. The quantitative estimate of drug-likeness (QED) is 0.611. The topological polar surface area (TPSA) is 58.6 Å². The van der Waals surface area contributed by atoms with Gasteiger partial charge in [-0.05, 0) is 44.0 Å². The average Bonchev–Trinajstić information content (AvgIpc) is 2.99. The molecule has 0 spiro atoms. The maximum Gasteiger partial charge on any atom is 0.259 e. The third kappa shape index (κ3) is 3.12. The molecule has 3 aromatic rings. The third-order valence-corrected chi connectivity index (χ3v) is 5.82. The molecule has 156 valence electrons. The Balaban J connectivity index is 1.95. The molecule has 0 saturated carbocycles. The Hall–Kier alpha value is -2.99. The van der Waals surface area contributed by atoms with Gasteiger partial charge in [-0.3, -0.25) is 9.78 Å². The molecule has 6 heteroatoms. The number of methoxy groups -OCH3 is 1. The highest BCUT2D eigenvalue weighted by Gasteiger charge is 2.35. The summed E-state index contributed by atoms with van der Waals surface area (Å²) in [5.41, 5.74) is 6.54. The summed E-state index contributed by atoms with van der Waals surface area (Å²) in [7, 11) is 5.64. The molecule has 2 aromatic heterocycles. The summed E-state index contributed by atoms with van der Waals surface area (Å²) in [6.45, 7) is 6.65. The van der Waals surface area contributed by atoms with E-state index in [4.69, 9.17) is 9.72 Å². The summed E-state index contributed by atoms with van der Waals surface area (Å²) in [5.74, 6) is 0.939. The van der Waals surface area contributed by atoms with E-state index in [1.807, 2.05) is 55.2 Å². The Labute approximate surface area is 177 Å². The number of ether oxygens (including phenoxy) is 1. The normalized spacial score (nSPS) is 13.9. The SMILES string of the molecule is CCC(COC)N1C(=O)c2ccc(-c3cnc(N(C)C)cc3C)c3nc(C)cc1c23. The average molecular weight is 405 g/mol. The molecule has 1 atom stereocenters. The van der Waals surface area contributed by atoms with Gasteiger partial charge in [-0.1, -0.05) is 13.0 Å².